The highest BCUT2D eigenvalue weighted by Crippen LogP contribution is 2.34. The summed E-state index contributed by atoms with van der Waals surface area (Å²) in [6.45, 7) is 4.03. The third kappa shape index (κ3) is 4.78. The van der Waals surface area contributed by atoms with Crippen LogP contribution in [0.3, 0.4) is 0 Å². The number of amides is 1. The molecular weight excluding hydrogens is 522 g/mol. The van der Waals surface area contributed by atoms with E-state index in [0.29, 0.717) is 21.9 Å². The lowest BCUT2D eigenvalue weighted by Gasteiger charge is -2.15. The first-order valence-electron chi connectivity index (χ1n) is 12.0. The second-order valence-electron chi connectivity index (χ2n) is 9.09. The number of benzene rings is 2. The van der Waals surface area contributed by atoms with Crippen molar-refractivity contribution in [1.29, 1.82) is 0 Å². The summed E-state index contributed by atoms with van der Waals surface area (Å²) in [4.78, 5) is 55.5. The summed E-state index contributed by atoms with van der Waals surface area (Å²) in [6.07, 6.45) is 1.44. The van der Waals surface area contributed by atoms with Crippen LogP contribution >= 0.6 is 11.8 Å². The van der Waals surface area contributed by atoms with Gasteiger partial charge in [0.25, 0.3) is 5.56 Å². The fourth-order valence-corrected chi connectivity index (χ4v) is 5.55. The third-order valence-electron chi connectivity index (χ3n) is 6.65. The van der Waals surface area contributed by atoms with Crippen molar-refractivity contribution in [2.45, 2.75) is 31.5 Å². The lowest BCUT2D eigenvalue weighted by atomic mass is 10.1. The van der Waals surface area contributed by atoms with Crippen LogP contribution in [0.25, 0.3) is 16.7 Å². The molecule has 2 aromatic carbocycles. The molecule has 0 fully saturated rings. The molecule has 39 heavy (non-hydrogen) atoms. The number of ether oxygens (including phenoxy) is 2. The van der Waals surface area contributed by atoms with Gasteiger partial charge in [-0.1, -0.05) is 17.8 Å². The van der Waals surface area contributed by atoms with E-state index in [-0.39, 0.29) is 28.8 Å². The average Bonchev–Trinajstić information content (AvgIpc) is 3.54. The number of esters is 2. The normalized spacial score (nSPS) is 14.2. The number of nitrogens with zero attached hydrogens (tertiary/aromatic N) is 4. The molecular formula is C27H25N5O6S. The number of thioether (sulfide) groups is 1. The van der Waals surface area contributed by atoms with Gasteiger partial charge in [0.05, 0.1) is 49.0 Å². The molecule has 5 rings (SSSR count). The van der Waals surface area contributed by atoms with E-state index in [0.717, 1.165) is 16.8 Å². The summed E-state index contributed by atoms with van der Waals surface area (Å²) in [5.74, 6) is -1.28. The Hall–Kier alpha value is -4.45. The first kappa shape index (κ1) is 26.2. The van der Waals surface area contributed by atoms with Gasteiger partial charge < -0.3 is 14.8 Å². The Labute approximate surface area is 227 Å². The summed E-state index contributed by atoms with van der Waals surface area (Å²) in [5.41, 5.74) is 3.57. The van der Waals surface area contributed by atoms with Crippen molar-refractivity contribution in [3.05, 3.63) is 75.2 Å². The Bertz CT molecular complexity index is 1710. The van der Waals surface area contributed by atoms with E-state index >= 15 is 0 Å². The summed E-state index contributed by atoms with van der Waals surface area (Å²) in [7, 11) is 2.45. The number of nitrogens with one attached hydrogen (secondary N) is 1. The van der Waals surface area contributed by atoms with Gasteiger partial charge in [-0.2, -0.15) is 5.10 Å². The van der Waals surface area contributed by atoms with Gasteiger partial charge in [-0.05, 0) is 55.3 Å². The molecule has 12 heteroatoms. The molecule has 1 unspecified atom stereocenters. The van der Waals surface area contributed by atoms with Crippen LogP contribution in [0, 0.1) is 13.8 Å². The molecule has 0 bridgehead atoms. The molecule has 1 aliphatic rings. The van der Waals surface area contributed by atoms with E-state index in [1.54, 1.807) is 4.68 Å². The van der Waals surface area contributed by atoms with Crippen LogP contribution in [0.15, 0.2) is 52.5 Å². The molecule has 0 radical (unpaired) electrons. The van der Waals surface area contributed by atoms with E-state index < -0.39 is 23.9 Å². The van der Waals surface area contributed by atoms with E-state index in [1.165, 1.54) is 54.9 Å². The molecule has 0 saturated heterocycles. The van der Waals surface area contributed by atoms with Gasteiger partial charge in [0.2, 0.25) is 5.91 Å². The van der Waals surface area contributed by atoms with Crippen molar-refractivity contribution in [2.24, 2.45) is 0 Å². The van der Waals surface area contributed by atoms with Crippen LogP contribution < -0.4 is 10.9 Å². The minimum atomic E-state index is -0.674. The second-order valence-corrected chi connectivity index (χ2v) is 10.1. The zero-order valence-electron chi connectivity index (χ0n) is 21.7. The maximum absolute atomic E-state index is 13.5. The molecule has 0 aliphatic carbocycles. The Morgan fingerprint density at radius 2 is 1.82 bits per heavy atom. The average molecular weight is 548 g/mol. The van der Waals surface area contributed by atoms with Gasteiger partial charge in [-0.15, -0.1) is 0 Å². The van der Waals surface area contributed by atoms with E-state index in [4.69, 9.17) is 14.5 Å². The van der Waals surface area contributed by atoms with Crippen molar-refractivity contribution >= 4 is 46.3 Å². The molecule has 1 atom stereocenters. The number of hydrogen-bond donors (Lipinski definition) is 1. The predicted octanol–water partition coefficient (Wildman–Crippen LogP) is 3.45. The van der Waals surface area contributed by atoms with Gasteiger partial charge in [0.15, 0.2) is 10.8 Å². The standard InChI is InChI=1S/C27H25N5O6S/c1-14-5-7-17(9-15(14)2)32-23-20(12-28-32)24(34)31-18(13-39-27(31)30-23)11-22(33)29-21-10-16(25(35)37-3)6-8-19(21)26(36)38-4/h5-10,12,18H,11,13H2,1-4H3,(H,29,33). The lowest BCUT2D eigenvalue weighted by molar-refractivity contribution is -0.116. The fraction of sp³-hybridized carbons (Fsp3) is 0.259. The van der Waals surface area contributed by atoms with Gasteiger partial charge in [0, 0.05) is 12.2 Å². The Kier molecular flexibility index (Phi) is 6.96. The van der Waals surface area contributed by atoms with Crippen molar-refractivity contribution in [2.75, 3.05) is 25.3 Å². The molecule has 11 nitrogen and oxygen atoms in total. The zero-order valence-corrected chi connectivity index (χ0v) is 22.5. The predicted molar refractivity (Wildman–Crippen MR) is 145 cm³/mol. The van der Waals surface area contributed by atoms with Gasteiger partial charge in [-0.3, -0.25) is 14.2 Å². The van der Waals surface area contributed by atoms with Crippen molar-refractivity contribution in [3.63, 3.8) is 0 Å². The van der Waals surface area contributed by atoms with Gasteiger partial charge >= 0.3 is 11.9 Å². The lowest BCUT2D eigenvalue weighted by Crippen LogP contribution is -2.28. The number of aromatic nitrogens is 4. The van der Waals surface area contributed by atoms with Crippen LogP contribution in [0.1, 0.15) is 44.3 Å². The maximum atomic E-state index is 13.5. The smallest absolute Gasteiger partial charge is 0.339 e. The van der Waals surface area contributed by atoms with E-state index in [2.05, 4.69) is 10.4 Å². The highest BCUT2D eigenvalue weighted by Gasteiger charge is 2.30. The molecule has 1 N–H and O–H groups in total. The van der Waals surface area contributed by atoms with E-state index in [1.807, 2.05) is 32.0 Å². The Morgan fingerprint density at radius 3 is 2.54 bits per heavy atom. The Balaban J connectivity index is 1.43. The second kappa shape index (κ2) is 10.4. The van der Waals surface area contributed by atoms with Crippen LogP contribution in [0.4, 0.5) is 5.69 Å². The number of hydrogen-bond acceptors (Lipinski definition) is 9. The molecule has 2 aromatic heterocycles. The molecule has 200 valence electrons. The van der Waals surface area contributed by atoms with Crippen LogP contribution in [-0.2, 0) is 14.3 Å². The van der Waals surface area contributed by atoms with Gasteiger partial charge in [-0.25, -0.2) is 19.3 Å². The number of carbonyl (C=O) groups excluding carboxylic acids is 3. The number of aryl methyl sites for hydroxylation is 2. The molecule has 1 aliphatic heterocycles. The molecule has 3 heterocycles. The summed E-state index contributed by atoms with van der Waals surface area (Å²) >= 11 is 1.38. The topological polar surface area (TPSA) is 134 Å². The summed E-state index contributed by atoms with van der Waals surface area (Å²) in [5, 5.41) is 7.95. The van der Waals surface area contributed by atoms with Crippen molar-refractivity contribution < 1.29 is 23.9 Å². The first-order valence-corrected chi connectivity index (χ1v) is 13.0. The van der Waals surface area contributed by atoms with Crippen LogP contribution in [-0.4, -0.2) is 57.1 Å². The van der Waals surface area contributed by atoms with Crippen molar-refractivity contribution in [1.82, 2.24) is 19.3 Å². The fourth-order valence-electron chi connectivity index (χ4n) is 4.42. The molecule has 4 aromatic rings. The minimum Gasteiger partial charge on any atom is -0.465 e. The first-order chi connectivity index (χ1) is 18.7. The molecule has 1 amide bonds. The SMILES string of the molecule is COC(=O)c1ccc(C(=O)OC)c(NC(=O)CC2CSc3nc4c(cnn4-c4ccc(C)c(C)c4)c(=O)n32)c1. The largest absolute Gasteiger partial charge is 0.465 e. The highest BCUT2D eigenvalue weighted by molar-refractivity contribution is 7.99. The highest BCUT2D eigenvalue weighted by atomic mass is 32.2. The number of anilines is 1. The monoisotopic (exact) mass is 547 g/mol. The summed E-state index contributed by atoms with van der Waals surface area (Å²) in [6, 6.07) is 9.59. The Morgan fingerprint density at radius 1 is 1.05 bits per heavy atom. The number of rotatable bonds is 6. The number of fused-ring (bicyclic) bond motifs is 2. The quantitative estimate of drug-likeness (QED) is 0.284. The van der Waals surface area contributed by atoms with E-state index in [9.17, 15) is 19.2 Å². The summed E-state index contributed by atoms with van der Waals surface area (Å²) < 4.78 is 12.7. The van der Waals surface area contributed by atoms with Crippen LogP contribution in [0.2, 0.25) is 0 Å². The third-order valence-corrected chi connectivity index (χ3v) is 7.74. The molecule has 0 saturated carbocycles. The van der Waals surface area contributed by atoms with Crippen LogP contribution in [0.5, 0.6) is 0 Å². The number of methoxy groups -OCH3 is 2. The minimum absolute atomic E-state index is 0.0541. The molecule has 0 spiro atoms. The number of carbonyl (C=O) groups is 3. The zero-order chi connectivity index (χ0) is 27.8. The van der Waals surface area contributed by atoms with Crippen molar-refractivity contribution in [3.8, 4) is 5.69 Å². The van der Waals surface area contributed by atoms with Gasteiger partial charge in [0.1, 0.15) is 5.39 Å². The maximum Gasteiger partial charge on any atom is 0.339 e.